The minimum absolute atomic E-state index is 0.548. The zero-order valence-corrected chi connectivity index (χ0v) is 14.3. The van der Waals surface area contributed by atoms with E-state index in [-0.39, 0.29) is 0 Å². The van der Waals surface area contributed by atoms with Crippen molar-refractivity contribution in [1.29, 1.82) is 0 Å². The molecule has 1 nitrogen and oxygen atoms in total. The summed E-state index contributed by atoms with van der Waals surface area (Å²) >= 11 is 0. The van der Waals surface area contributed by atoms with Crippen molar-refractivity contribution >= 4 is 0 Å². The molecule has 0 aliphatic heterocycles. The van der Waals surface area contributed by atoms with E-state index in [0.717, 1.165) is 6.42 Å². The van der Waals surface area contributed by atoms with E-state index in [1.165, 1.54) is 63.4 Å². The first-order valence-corrected chi connectivity index (χ1v) is 9.01. The Morgan fingerprint density at radius 2 is 1.41 bits per heavy atom. The van der Waals surface area contributed by atoms with Crippen molar-refractivity contribution in [3.63, 3.8) is 0 Å². The van der Waals surface area contributed by atoms with Crippen LogP contribution in [0.15, 0.2) is 30.3 Å². The second-order valence-corrected chi connectivity index (χ2v) is 5.91. The maximum Gasteiger partial charge on any atom is 0.108 e. The molecule has 0 fully saturated rings. The third-order valence-electron chi connectivity index (χ3n) is 3.82. The number of benzene rings is 1. The molecule has 0 bridgehead atoms. The second-order valence-electron chi connectivity index (χ2n) is 5.91. The first kappa shape index (κ1) is 18.8. The van der Waals surface area contributed by atoms with Crippen LogP contribution in [0.4, 0.5) is 0 Å². The lowest BCUT2D eigenvalue weighted by Gasteiger charge is -2.00. The summed E-state index contributed by atoms with van der Waals surface area (Å²) in [5.41, 5.74) is 1.21. The standard InChI is InChI=1S/C21H32O/c1-2-3-4-5-6-7-8-9-10-11-12-16-19-22-20-21-17-14-13-15-18-21/h13-15,17-18H,2-11,19-20H2,1H3. The molecular formula is C21H32O. The number of hydrogen-bond acceptors (Lipinski definition) is 1. The SMILES string of the molecule is CCCCCCCCCCCC#CCOCc1ccccc1. The fourth-order valence-electron chi connectivity index (χ4n) is 2.46. The van der Waals surface area contributed by atoms with Crippen LogP contribution in [0, 0.1) is 11.8 Å². The highest BCUT2D eigenvalue weighted by molar-refractivity contribution is 5.13. The quantitative estimate of drug-likeness (QED) is 0.333. The molecule has 0 radical (unpaired) electrons. The molecule has 0 saturated carbocycles. The lowest BCUT2D eigenvalue weighted by molar-refractivity contribution is 0.153. The zero-order valence-electron chi connectivity index (χ0n) is 14.3. The molecule has 0 amide bonds. The van der Waals surface area contributed by atoms with Crippen LogP contribution in [0.5, 0.6) is 0 Å². The molecular weight excluding hydrogens is 268 g/mol. The molecule has 0 saturated heterocycles. The highest BCUT2D eigenvalue weighted by Gasteiger charge is 1.91. The van der Waals surface area contributed by atoms with E-state index in [9.17, 15) is 0 Å². The molecule has 0 spiro atoms. The van der Waals surface area contributed by atoms with Gasteiger partial charge in [0.05, 0.1) is 6.61 Å². The van der Waals surface area contributed by atoms with Crippen molar-refractivity contribution in [2.24, 2.45) is 0 Å². The second kappa shape index (κ2) is 14.7. The molecule has 1 aromatic rings. The van der Waals surface area contributed by atoms with Crippen LogP contribution in [0.1, 0.15) is 76.7 Å². The van der Waals surface area contributed by atoms with E-state index in [0.29, 0.717) is 13.2 Å². The molecule has 0 aliphatic rings. The Bertz CT molecular complexity index is 399. The first-order chi connectivity index (χ1) is 10.9. The van der Waals surface area contributed by atoms with Crippen LogP contribution < -0.4 is 0 Å². The van der Waals surface area contributed by atoms with E-state index < -0.39 is 0 Å². The van der Waals surface area contributed by atoms with E-state index >= 15 is 0 Å². The van der Waals surface area contributed by atoms with Crippen LogP contribution in [-0.4, -0.2) is 6.61 Å². The van der Waals surface area contributed by atoms with Gasteiger partial charge < -0.3 is 4.74 Å². The van der Waals surface area contributed by atoms with Gasteiger partial charge in [0, 0.05) is 6.42 Å². The third-order valence-corrected chi connectivity index (χ3v) is 3.82. The Morgan fingerprint density at radius 1 is 0.773 bits per heavy atom. The fourth-order valence-corrected chi connectivity index (χ4v) is 2.46. The number of rotatable bonds is 12. The van der Waals surface area contributed by atoms with E-state index in [1.807, 2.05) is 18.2 Å². The van der Waals surface area contributed by atoms with Gasteiger partial charge in [0.1, 0.15) is 6.61 Å². The van der Waals surface area contributed by atoms with Crippen LogP contribution in [-0.2, 0) is 11.3 Å². The molecule has 1 aromatic carbocycles. The topological polar surface area (TPSA) is 9.23 Å². The summed E-state index contributed by atoms with van der Waals surface area (Å²) in [6.07, 6.45) is 13.4. The molecule has 0 atom stereocenters. The zero-order chi connectivity index (χ0) is 15.7. The summed E-state index contributed by atoms with van der Waals surface area (Å²) in [5.74, 6) is 6.32. The predicted molar refractivity (Wildman–Crippen MR) is 95.7 cm³/mol. The highest BCUT2D eigenvalue weighted by Crippen LogP contribution is 2.10. The van der Waals surface area contributed by atoms with Gasteiger partial charge >= 0.3 is 0 Å². The van der Waals surface area contributed by atoms with Crippen molar-refractivity contribution in [3.8, 4) is 11.8 Å². The Kier molecular flexibility index (Phi) is 12.5. The van der Waals surface area contributed by atoms with E-state index in [2.05, 4.69) is 30.9 Å². The molecule has 22 heavy (non-hydrogen) atoms. The lowest BCUT2D eigenvalue weighted by Crippen LogP contribution is -1.92. The summed E-state index contributed by atoms with van der Waals surface area (Å²) in [5, 5.41) is 0. The van der Waals surface area contributed by atoms with Crippen LogP contribution in [0.2, 0.25) is 0 Å². The van der Waals surface area contributed by atoms with Crippen LogP contribution >= 0.6 is 0 Å². The van der Waals surface area contributed by atoms with E-state index in [4.69, 9.17) is 4.74 Å². The number of hydrogen-bond donors (Lipinski definition) is 0. The maximum atomic E-state index is 5.54. The molecule has 0 aromatic heterocycles. The Balaban J connectivity index is 1.83. The Morgan fingerprint density at radius 3 is 2.09 bits per heavy atom. The molecule has 1 rings (SSSR count). The Hall–Kier alpha value is -1.26. The van der Waals surface area contributed by atoms with Crippen molar-refractivity contribution in [2.75, 3.05) is 6.61 Å². The minimum Gasteiger partial charge on any atom is -0.364 e. The predicted octanol–water partition coefficient (Wildman–Crippen LogP) is 6.13. The molecule has 0 N–H and O–H groups in total. The molecule has 0 unspecified atom stereocenters. The molecule has 1 heteroatoms. The van der Waals surface area contributed by atoms with Gasteiger partial charge in [0.15, 0.2) is 0 Å². The summed E-state index contributed by atoms with van der Waals surface area (Å²) in [6, 6.07) is 10.3. The largest absolute Gasteiger partial charge is 0.364 e. The number of ether oxygens (including phenoxy) is 1. The van der Waals surface area contributed by atoms with Gasteiger partial charge in [-0.2, -0.15) is 0 Å². The molecule has 122 valence electrons. The van der Waals surface area contributed by atoms with Crippen molar-refractivity contribution < 1.29 is 4.74 Å². The first-order valence-electron chi connectivity index (χ1n) is 9.01. The lowest BCUT2D eigenvalue weighted by atomic mass is 10.1. The normalized spacial score (nSPS) is 10.2. The van der Waals surface area contributed by atoms with Crippen molar-refractivity contribution in [1.82, 2.24) is 0 Å². The average molecular weight is 300 g/mol. The maximum absolute atomic E-state index is 5.54. The van der Waals surface area contributed by atoms with Gasteiger partial charge in [-0.1, -0.05) is 94.5 Å². The minimum atomic E-state index is 0.548. The summed E-state index contributed by atoms with van der Waals surface area (Å²) in [7, 11) is 0. The van der Waals surface area contributed by atoms with Crippen molar-refractivity contribution in [2.45, 2.75) is 77.7 Å². The summed E-state index contributed by atoms with van der Waals surface area (Å²) in [6.45, 7) is 3.48. The van der Waals surface area contributed by atoms with Gasteiger partial charge in [0.2, 0.25) is 0 Å². The van der Waals surface area contributed by atoms with Gasteiger partial charge in [-0.05, 0) is 12.0 Å². The summed E-state index contributed by atoms with van der Waals surface area (Å²) in [4.78, 5) is 0. The van der Waals surface area contributed by atoms with Gasteiger partial charge in [-0.15, -0.1) is 5.92 Å². The van der Waals surface area contributed by atoms with Gasteiger partial charge in [0.25, 0.3) is 0 Å². The van der Waals surface area contributed by atoms with Crippen LogP contribution in [0.3, 0.4) is 0 Å². The highest BCUT2D eigenvalue weighted by atomic mass is 16.5. The molecule has 0 heterocycles. The monoisotopic (exact) mass is 300 g/mol. The van der Waals surface area contributed by atoms with Crippen LogP contribution in [0.25, 0.3) is 0 Å². The van der Waals surface area contributed by atoms with Crippen molar-refractivity contribution in [3.05, 3.63) is 35.9 Å². The molecule has 0 aliphatic carbocycles. The fraction of sp³-hybridized carbons (Fsp3) is 0.619. The number of unbranched alkanes of at least 4 members (excludes halogenated alkanes) is 9. The smallest absolute Gasteiger partial charge is 0.108 e. The van der Waals surface area contributed by atoms with E-state index in [1.54, 1.807) is 0 Å². The third kappa shape index (κ3) is 11.4. The average Bonchev–Trinajstić information content (AvgIpc) is 2.56. The summed E-state index contributed by atoms with van der Waals surface area (Å²) < 4.78 is 5.54. The Labute approximate surface area is 137 Å². The van der Waals surface area contributed by atoms with Gasteiger partial charge in [-0.3, -0.25) is 0 Å². The van der Waals surface area contributed by atoms with Gasteiger partial charge in [-0.25, -0.2) is 0 Å².